The number of nitrogens with one attached hydrogen (secondary N) is 1. The summed E-state index contributed by atoms with van der Waals surface area (Å²) in [5.41, 5.74) is 3.33. The van der Waals surface area contributed by atoms with Crippen LogP contribution in [0.25, 0.3) is 0 Å². The van der Waals surface area contributed by atoms with Crippen molar-refractivity contribution in [1.29, 1.82) is 0 Å². The average Bonchev–Trinajstić information content (AvgIpc) is 2.42. The van der Waals surface area contributed by atoms with Crippen molar-refractivity contribution in [1.82, 2.24) is 9.97 Å². The molecule has 1 aromatic heterocycles. The van der Waals surface area contributed by atoms with E-state index >= 15 is 0 Å². The van der Waals surface area contributed by atoms with Crippen LogP contribution in [0.2, 0.25) is 0 Å². The highest BCUT2D eigenvalue weighted by atomic mass is 32.2. The van der Waals surface area contributed by atoms with Gasteiger partial charge in [0.05, 0.1) is 5.75 Å². The Bertz CT molecular complexity index is 653. The van der Waals surface area contributed by atoms with E-state index in [-0.39, 0.29) is 17.5 Å². The predicted molar refractivity (Wildman–Crippen MR) is 82.0 cm³/mol. The Morgan fingerprint density at radius 1 is 1.24 bits per heavy atom. The average molecular weight is 305 g/mol. The van der Waals surface area contributed by atoms with Crippen LogP contribution in [-0.4, -0.2) is 21.6 Å². The maximum Gasteiger partial charge on any atom is 0.234 e. The fraction of sp³-hybridized carbons (Fsp3) is 0.267. The summed E-state index contributed by atoms with van der Waals surface area (Å²) in [5, 5.41) is 3.21. The van der Waals surface area contributed by atoms with E-state index in [1.807, 2.05) is 20.8 Å². The molecule has 0 fully saturated rings. The number of nitrogens with zero attached hydrogens (tertiary/aromatic N) is 2. The number of aryl methyl sites for hydroxylation is 2. The first kappa shape index (κ1) is 15.4. The SMILES string of the molecule is Cc1nc(SCC(=O)Nc2cccc(F)c2)nc(C)c1C. The summed E-state index contributed by atoms with van der Waals surface area (Å²) in [6.45, 7) is 5.80. The predicted octanol–water partition coefficient (Wildman–Crippen LogP) is 3.27. The number of carbonyl (C=O) groups is 1. The normalized spacial score (nSPS) is 10.5. The van der Waals surface area contributed by atoms with Gasteiger partial charge in [0.2, 0.25) is 5.91 Å². The van der Waals surface area contributed by atoms with Gasteiger partial charge < -0.3 is 5.32 Å². The molecule has 0 aliphatic heterocycles. The molecule has 110 valence electrons. The van der Waals surface area contributed by atoms with E-state index in [0.29, 0.717) is 10.8 Å². The van der Waals surface area contributed by atoms with Gasteiger partial charge in [0, 0.05) is 17.1 Å². The van der Waals surface area contributed by atoms with Crippen molar-refractivity contribution in [3.63, 3.8) is 0 Å². The van der Waals surface area contributed by atoms with Crippen LogP contribution < -0.4 is 5.32 Å². The number of anilines is 1. The van der Waals surface area contributed by atoms with Gasteiger partial charge in [-0.05, 0) is 44.5 Å². The molecule has 0 radical (unpaired) electrons. The summed E-state index contributed by atoms with van der Waals surface area (Å²) in [7, 11) is 0. The van der Waals surface area contributed by atoms with Gasteiger partial charge in [-0.3, -0.25) is 4.79 Å². The lowest BCUT2D eigenvalue weighted by Crippen LogP contribution is -2.14. The van der Waals surface area contributed by atoms with Gasteiger partial charge in [-0.25, -0.2) is 14.4 Å². The highest BCUT2D eigenvalue weighted by Crippen LogP contribution is 2.17. The van der Waals surface area contributed by atoms with Crippen molar-refractivity contribution < 1.29 is 9.18 Å². The Morgan fingerprint density at radius 2 is 1.90 bits per heavy atom. The lowest BCUT2D eigenvalue weighted by molar-refractivity contribution is -0.113. The molecule has 4 nitrogen and oxygen atoms in total. The number of halogens is 1. The Labute approximate surface area is 127 Å². The number of hydrogen-bond acceptors (Lipinski definition) is 4. The molecule has 0 bridgehead atoms. The highest BCUT2D eigenvalue weighted by molar-refractivity contribution is 7.99. The zero-order valence-corrected chi connectivity index (χ0v) is 12.9. The molecule has 21 heavy (non-hydrogen) atoms. The third kappa shape index (κ3) is 4.26. The van der Waals surface area contributed by atoms with Crippen LogP contribution in [0.15, 0.2) is 29.4 Å². The molecule has 0 unspecified atom stereocenters. The van der Waals surface area contributed by atoms with E-state index in [1.54, 1.807) is 12.1 Å². The third-order valence-electron chi connectivity index (χ3n) is 3.05. The first-order chi connectivity index (χ1) is 9.95. The molecule has 1 aromatic carbocycles. The van der Waals surface area contributed by atoms with Gasteiger partial charge in [0.1, 0.15) is 5.82 Å². The monoisotopic (exact) mass is 305 g/mol. The lowest BCUT2D eigenvalue weighted by Gasteiger charge is -2.07. The van der Waals surface area contributed by atoms with Crippen LogP contribution in [0.3, 0.4) is 0 Å². The number of benzene rings is 1. The van der Waals surface area contributed by atoms with Crippen LogP contribution in [0, 0.1) is 26.6 Å². The van der Waals surface area contributed by atoms with Crippen LogP contribution in [0.1, 0.15) is 17.0 Å². The largest absolute Gasteiger partial charge is 0.325 e. The molecule has 1 amide bonds. The number of thioether (sulfide) groups is 1. The smallest absolute Gasteiger partial charge is 0.234 e. The van der Waals surface area contributed by atoms with E-state index < -0.39 is 0 Å². The fourth-order valence-corrected chi connectivity index (χ4v) is 2.43. The molecule has 2 aromatic rings. The van der Waals surface area contributed by atoms with Crippen LogP contribution in [0.4, 0.5) is 10.1 Å². The Balaban J connectivity index is 1.95. The second-order valence-electron chi connectivity index (χ2n) is 4.65. The first-order valence-electron chi connectivity index (χ1n) is 6.46. The Morgan fingerprint density at radius 3 is 2.52 bits per heavy atom. The first-order valence-corrected chi connectivity index (χ1v) is 7.44. The number of amides is 1. The molecule has 1 heterocycles. The molecule has 6 heteroatoms. The minimum atomic E-state index is -0.381. The highest BCUT2D eigenvalue weighted by Gasteiger charge is 2.08. The van der Waals surface area contributed by atoms with Crippen LogP contribution in [0.5, 0.6) is 0 Å². The molecule has 0 saturated carbocycles. The van der Waals surface area contributed by atoms with Crippen LogP contribution in [-0.2, 0) is 4.79 Å². The molecule has 0 aliphatic rings. The molecule has 0 spiro atoms. The van der Waals surface area contributed by atoms with Gasteiger partial charge in [-0.15, -0.1) is 0 Å². The molecule has 0 atom stereocenters. The lowest BCUT2D eigenvalue weighted by atomic mass is 10.2. The van der Waals surface area contributed by atoms with E-state index in [2.05, 4.69) is 15.3 Å². The van der Waals surface area contributed by atoms with E-state index in [0.717, 1.165) is 17.0 Å². The number of rotatable bonds is 4. The second kappa shape index (κ2) is 6.67. The zero-order chi connectivity index (χ0) is 15.4. The molecule has 1 N–H and O–H groups in total. The molecule has 2 rings (SSSR count). The maximum atomic E-state index is 13.0. The van der Waals surface area contributed by atoms with Crippen molar-refractivity contribution in [2.75, 3.05) is 11.1 Å². The number of aromatic nitrogens is 2. The molecule has 0 aliphatic carbocycles. The maximum absolute atomic E-state index is 13.0. The second-order valence-corrected chi connectivity index (χ2v) is 5.59. The Kier molecular flexibility index (Phi) is 4.90. The zero-order valence-electron chi connectivity index (χ0n) is 12.1. The summed E-state index contributed by atoms with van der Waals surface area (Å²) >= 11 is 1.26. The summed E-state index contributed by atoms with van der Waals surface area (Å²) in [6.07, 6.45) is 0. The summed E-state index contributed by atoms with van der Waals surface area (Å²) < 4.78 is 13.0. The molecular formula is C15H16FN3OS. The summed E-state index contributed by atoms with van der Waals surface area (Å²) in [4.78, 5) is 20.5. The molecular weight excluding hydrogens is 289 g/mol. The number of carbonyl (C=O) groups excluding carboxylic acids is 1. The third-order valence-corrected chi connectivity index (χ3v) is 3.90. The van der Waals surface area contributed by atoms with Gasteiger partial charge in [0.25, 0.3) is 0 Å². The Hall–Kier alpha value is -1.95. The minimum absolute atomic E-state index is 0.179. The molecule has 0 saturated heterocycles. The van der Waals surface area contributed by atoms with Crippen LogP contribution >= 0.6 is 11.8 Å². The summed E-state index contributed by atoms with van der Waals surface area (Å²) in [6, 6.07) is 5.80. The van der Waals surface area contributed by atoms with E-state index in [1.165, 1.54) is 23.9 Å². The van der Waals surface area contributed by atoms with E-state index in [4.69, 9.17) is 0 Å². The van der Waals surface area contributed by atoms with Gasteiger partial charge in [0.15, 0.2) is 5.16 Å². The fourth-order valence-electron chi connectivity index (χ4n) is 1.70. The van der Waals surface area contributed by atoms with Crippen molar-refractivity contribution >= 4 is 23.4 Å². The van der Waals surface area contributed by atoms with Crippen molar-refractivity contribution in [2.24, 2.45) is 0 Å². The van der Waals surface area contributed by atoms with Gasteiger partial charge in [-0.2, -0.15) is 0 Å². The van der Waals surface area contributed by atoms with Gasteiger partial charge >= 0.3 is 0 Å². The van der Waals surface area contributed by atoms with Gasteiger partial charge in [-0.1, -0.05) is 17.8 Å². The summed E-state index contributed by atoms with van der Waals surface area (Å²) in [5.74, 6) is -0.419. The number of hydrogen-bond donors (Lipinski definition) is 1. The quantitative estimate of drug-likeness (QED) is 0.696. The minimum Gasteiger partial charge on any atom is -0.325 e. The topological polar surface area (TPSA) is 54.9 Å². The van der Waals surface area contributed by atoms with Crippen molar-refractivity contribution in [3.8, 4) is 0 Å². The standard InChI is InChI=1S/C15H16FN3OS/c1-9-10(2)17-15(18-11(9)3)21-8-14(20)19-13-6-4-5-12(16)7-13/h4-7H,8H2,1-3H3,(H,19,20). The van der Waals surface area contributed by atoms with Crippen molar-refractivity contribution in [2.45, 2.75) is 25.9 Å². The van der Waals surface area contributed by atoms with Crippen molar-refractivity contribution in [3.05, 3.63) is 47.0 Å². The van der Waals surface area contributed by atoms with E-state index in [9.17, 15) is 9.18 Å².